The number of fused-ring (bicyclic) bond motifs is 1. The summed E-state index contributed by atoms with van der Waals surface area (Å²) in [4.78, 5) is 0. The molecule has 2 nitrogen and oxygen atoms in total. The van der Waals surface area contributed by atoms with Gasteiger partial charge in [0.05, 0.1) is 11.9 Å². The lowest BCUT2D eigenvalue weighted by Gasteiger charge is -2.05. The number of hydrogen-bond acceptors (Lipinski definition) is 2. The smallest absolute Gasteiger partial charge is 0.0746 e. The molecule has 0 saturated heterocycles. The minimum absolute atomic E-state index is 0.834. The van der Waals surface area contributed by atoms with Crippen molar-refractivity contribution in [3.8, 4) is 0 Å². The van der Waals surface area contributed by atoms with Gasteiger partial charge in [-0.2, -0.15) is 10.2 Å². The lowest BCUT2D eigenvalue weighted by Crippen LogP contribution is -2.05. The molecule has 1 heterocycles. The van der Waals surface area contributed by atoms with Gasteiger partial charge in [0.2, 0.25) is 0 Å². The van der Waals surface area contributed by atoms with E-state index in [2.05, 4.69) is 40.5 Å². The van der Waals surface area contributed by atoms with Gasteiger partial charge in [0.25, 0.3) is 0 Å². The third-order valence-corrected chi connectivity index (χ3v) is 2.90. The second-order valence-corrected chi connectivity index (χ2v) is 4.03. The zero-order chi connectivity index (χ0) is 11.5. The molecule has 17 heavy (non-hydrogen) atoms. The Hall–Kier alpha value is -2.22. The van der Waals surface area contributed by atoms with E-state index in [0.717, 1.165) is 23.3 Å². The van der Waals surface area contributed by atoms with Crippen LogP contribution in [0, 0.1) is 0 Å². The minimum atomic E-state index is 0.834. The van der Waals surface area contributed by atoms with E-state index in [1.807, 2.05) is 30.5 Å². The van der Waals surface area contributed by atoms with E-state index in [1.54, 1.807) is 0 Å². The predicted octanol–water partition coefficient (Wildman–Crippen LogP) is 3.07. The van der Waals surface area contributed by atoms with E-state index in [4.69, 9.17) is 0 Å². The van der Waals surface area contributed by atoms with Crippen molar-refractivity contribution >= 4 is 11.9 Å². The highest BCUT2D eigenvalue weighted by atomic mass is 15.2. The first kappa shape index (κ1) is 9.97. The van der Waals surface area contributed by atoms with Crippen LogP contribution in [0.4, 0.5) is 0 Å². The van der Waals surface area contributed by atoms with Crippen LogP contribution in [0.15, 0.2) is 64.8 Å². The van der Waals surface area contributed by atoms with Crippen molar-refractivity contribution in [3.63, 3.8) is 0 Å². The number of benzene rings is 2. The van der Waals surface area contributed by atoms with Crippen LogP contribution in [0.25, 0.3) is 0 Å². The Kier molecular flexibility index (Phi) is 2.54. The summed E-state index contributed by atoms with van der Waals surface area (Å²) in [6.45, 7) is 0. The van der Waals surface area contributed by atoms with Gasteiger partial charge in [-0.25, -0.2) is 0 Å². The van der Waals surface area contributed by atoms with E-state index in [9.17, 15) is 0 Å². The summed E-state index contributed by atoms with van der Waals surface area (Å²) in [6, 6.07) is 18.5. The second-order valence-electron chi connectivity index (χ2n) is 4.03. The van der Waals surface area contributed by atoms with E-state index < -0.39 is 0 Å². The molecule has 2 heteroatoms. The van der Waals surface area contributed by atoms with Crippen molar-refractivity contribution in [1.29, 1.82) is 0 Å². The molecule has 0 spiro atoms. The van der Waals surface area contributed by atoms with E-state index in [1.165, 1.54) is 5.56 Å². The molecule has 2 aromatic carbocycles. The average Bonchev–Trinajstić information content (AvgIpc) is 2.62. The highest BCUT2D eigenvalue weighted by Crippen LogP contribution is 2.14. The molecule has 0 aromatic heterocycles. The molecule has 1 aliphatic rings. The zero-order valence-electron chi connectivity index (χ0n) is 9.38. The Morgan fingerprint density at radius 1 is 0.824 bits per heavy atom. The van der Waals surface area contributed by atoms with Gasteiger partial charge in [0.1, 0.15) is 0 Å². The first-order chi connectivity index (χ1) is 8.43. The maximum Gasteiger partial charge on any atom is 0.0746 e. The van der Waals surface area contributed by atoms with Crippen LogP contribution in [0.3, 0.4) is 0 Å². The third-order valence-electron chi connectivity index (χ3n) is 2.90. The maximum absolute atomic E-state index is 4.29. The SMILES string of the molecule is C1=NN=C(c2ccccc2)Cc2ccccc21. The third kappa shape index (κ3) is 2.02. The highest BCUT2D eigenvalue weighted by molar-refractivity contribution is 6.04. The fourth-order valence-electron chi connectivity index (χ4n) is 1.99. The molecule has 0 atom stereocenters. The lowest BCUT2D eigenvalue weighted by molar-refractivity contribution is 1.22. The fourth-order valence-corrected chi connectivity index (χ4v) is 1.99. The van der Waals surface area contributed by atoms with Crippen molar-refractivity contribution in [2.75, 3.05) is 0 Å². The summed E-state index contributed by atoms with van der Waals surface area (Å²) in [7, 11) is 0. The summed E-state index contributed by atoms with van der Waals surface area (Å²) in [6.07, 6.45) is 2.66. The van der Waals surface area contributed by atoms with Gasteiger partial charge in [-0.15, -0.1) is 0 Å². The quantitative estimate of drug-likeness (QED) is 0.705. The van der Waals surface area contributed by atoms with Gasteiger partial charge in [0.15, 0.2) is 0 Å². The molecule has 1 aliphatic heterocycles. The van der Waals surface area contributed by atoms with Gasteiger partial charge in [0, 0.05) is 6.42 Å². The first-order valence-electron chi connectivity index (χ1n) is 5.67. The largest absolute Gasteiger partial charge is 0.158 e. The molecule has 3 rings (SSSR count). The number of hydrogen-bond donors (Lipinski definition) is 0. The summed E-state index contributed by atoms with van der Waals surface area (Å²) in [5.74, 6) is 0. The van der Waals surface area contributed by atoms with Crippen LogP contribution in [0.1, 0.15) is 16.7 Å². The number of rotatable bonds is 1. The molecule has 0 bridgehead atoms. The van der Waals surface area contributed by atoms with Gasteiger partial charge in [-0.1, -0.05) is 54.6 Å². The molecule has 0 fully saturated rings. The van der Waals surface area contributed by atoms with Crippen LogP contribution < -0.4 is 0 Å². The van der Waals surface area contributed by atoms with Crippen molar-refractivity contribution in [2.45, 2.75) is 6.42 Å². The lowest BCUT2D eigenvalue weighted by atomic mass is 9.99. The van der Waals surface area contributed by atoms with E-state index >= 15 is 0 Å². The predicted molar refractivity (Wildman–Crippen MR) is 70.7 cm³/mol. The Morgan fingerprint density at radius 2 is 1.59 bits per heavy atom. The molecule has 2 aromatic rings. The topological polar surface area (TPSA) is 24.7 Å². The molecule has 0 saturated carbocycles. The van der Waals surface area contributed by atoms with Gasteiger partial charge in [-0.05, 0) is 16.7 Å². The summed E-state index contributed by atoms with van der Waals surface area (Å²) in [5, 5.41) is 8.43. The molecule has 0 unspecified atom stereocenters. The molecule has 0 aliphatic carbocycles. The van der Waals surface area contributed by atoms with Crippen LogP contribution in [-0.2, 0) is 6.42 Å². The van der Waals surface area contributed by atoms with Gasteiger partial charge < -0.3 is 0 Å². The highest BCUT2D eigenvalue weighted by Gasteiger charge is 2.09. The van der Waals surface area contributed by atoms with Gasteiger partial charge in [-0.3, -0.25) is 0 Å². The molecular formula is C15H12N2. The molecule has 82 valence electrons. The molecular weight excluding hydrogens is 208 g/mol. The van der Waals surface area contributed by atoms with Gasteiger partial charge >= 0.3 is 0 Å². The van der Waals surface area contributed by atoms with Crippen molar-refractivity contribution in [3.05, 3.63) is 71.3 Å². The Balaban J connectivity index is 2.02. The van der Waals surface area contributed by atoms with E-state index in [0.29, 0.717) is 0 Å². The van der Waals surface area contributed by atoms with Crippen LogP contribution in [-0.4, -0.2) is 11.9 Å². The fraction of sp³-hybridized carbons (Fsp3) is 0.0667. The Bertz CT molecular complexity index is 583. The number of nitrogens with zero attached hydrogens (tertiary/aromatic N) is 2. The van der Waals surface area contributed by atoms with E-state index in [-0.39, 0.29) is 0 Å². The summed E-state index contributed by atoms with van der Waals surface area (Å²) in [5.41, 5.74) is 4.59. The maximum atomic E-state index is 4.29. The monoisotopic (exact) mass is 220 g/mol. The normalized spacial score (nSPS) is 13.8. The van der Waals surface area contributed by atoms with Crippen molar-refractivity contribution in [2.24, 2.45) is 10.2 Å². The Morgan fingerprint density at radius 3 is 2.47 bits per heavy atom. The van der Waals surface area contributed by atoms with Crippen LogP contribution in [0.2, 0.25) is 0 Å². The minimum Gasteiger partial charge on any atom is -0.158 e. The standard InChI is InChI=1S/C15H12N2/c1-2-6-12(7-3-1)15-10-13-8-4-5-9-14(13)11-16-17-15/h1-9,11H,10H2. The van der Waals surface area contributed by atoms with Crippen molar-refractivity contribution < 1.29 is 0 Å². The molecule has 0 N–H and O–H groups in total. The molecule has 0 amide bonds. The summed E-state index contributed by atoms with van der Waals surface area (Å²) >= 11 is 0. The first-order valence-corrected chi connectivity index (χ1v) is 5.67. The van der Waals surface area contributed by atoms with Crippen molar-refractivity contribution in [1.82, 2.24) is 0 Å². The average molecular weight is 220 g/mol. The zero-order valence-corrected chi connectivity index (χ0v) is 9.38. The van der Waals surface area contributed by atoms with Crippen LogP contribution >= 0.6 is 0 Å². The Labute approximate surface area is 100 Å². The van der Waals surface area contributed by atoms with Crippen LogP contribution in [0.5, 0.6) is 0 Å². The second kappa shape index (κ2) is 4.34. The summed E-state index contributed by atoms with van der Waals surface area (Å²) < 4.78 is 0. The molecule has 0 radical (unpaired) electrons.